The summed E-state index contributed by atoms with van der Waals surface area (Å²) in [5, 5.41) is 31.2. The Morgan fingerprint density at radius 2 is 1.37 bits per heavy atom. The zero-order valence-corrected chi connectivity index (χ0v) is 20.5. The van der Waals surface area contributed by atoms with Gasteiger partial charge in [0.05, 0.1) is 45.9 Å². The van der Waals surface area contributed by atoms with Crippen LogP contribution in [-0.2, 0) is 0 Å². The third-order valence-electron chi connectivity index (χ3n) is 6.94. The van der Waals surface area contributed by atoms with E-state index in [1.54, 1.807) is 24.5 Å². The number of nitriles is 3. The minimum absolute atomic E-state index is 0.456. The van der Waals surface area contributed by atoms with Gasteiger partial charge < -0.3 is 4.57 Å². The van der Waals surface area contributed by atoms with Crippen molar-refractivity contribution in [2.75, 3.05) is 0 Å². The molecular weight excluding hydrogens is 466 g/mol. The Balaban J connectivity index is 1.67. The Labute approximate surface area is 219 Å². The van der Waals surface area contributed by atoms with Crippen molar-refractivity contribution in [2.45, 2.75) is 6.92 Å². The van der Waals surface area contributed by atoms with Crippen LogP contribution in [0.5, 0.6) is 0 Å². The molecule has 6 rings (SSSR count). The molecule has 0 aliphatic heterocycles. The van der Waals surface area contributed by atoms with Crippen molar-refractivity contribution >= 4 is 21.8 Å². The highest BCUT2D eigenvalue weighted by molar-refractivity contribution is 6.10. The molecular formula is C33H19N5. The minimum atomic E-state index is 0.456. The van der Waals surface area contributed by atoms with Gasteiger partial charge in [-0.15, -0.1) is 0 Å². The fourth-order valence-corrected chi connectivity index (χ4v) is 5.16. The number of fused-ring (bicyclic) bond motifs is 3. The summed E-state index contributed by atoms with van der Waals surface area (Å²) in [5.74, 6) is 0. The van der Waals surface area contributed by atoms with Gasteiger partial charge in [0.1, 0.15) is 0 Å². The van der Waals surface area contributed by atoms with Crippen LogP contribution in [0.15, 0.2) is 97.3 Å². The van der Waals surface area contributed by atoms with E-state index in [0.717, 1.165) is 55.3 Å². The van der Waals surface area contributed by atoms with Crippen LogP contribution in [0.2, 0.25) is 0 Å². The maximum atomic E-state index is 9.90. The Hall–Kier alpha value is -5.70. The van der Waals surface area contributed by atoms with Crippen LogP contribution in [0.3, 0.4) is 0 Å². The van der Waals surface area contributed by atoms with Gasteiger partial charge in [-0.1, -0.05) is 36.4 Å². The van der Waals surface area contributed by atoms with Gasteiger partial charge in [0.2, 0.25) is 0 Å². The molecule has 0 spiro atoms. The van der Waals surface area contributed by atoms with Crippen molar-refractivity contribution in [1.82, 2.24) is 9.55 Å². The van der Waals surface area contributed by atoms with E-state index in [1.807, 2.05) is 49.4 Å². The number of aryl methyl sites for hydroxylation is 1. The molecule has 2 heterocycles. The number of aromatic nitrogens is 2. The molecule has 0 saturated carbocycles. The summed E-state index contributed by atoms with van der Waals surface area (Å²) < 4.78 is 2.23. The van der Waals surface area contributed by atoms with Crippen LogP contribution >= 0.6 is 0 Å². The van der Waals surface area contributed by atoms with E-state index >= 15 is 0 Å². The van der Waals surface area contributed by atoms with Crippen LogP contribution < -0.4 is 0 Å². The molecule has 0 aliphatic carbocycles. The molecule has 0 bridgehead atoms. The molecule has 0 N–H and O–H groups in total. The summed E-state index contributed by atoms with van der Waals surface area (Å²) in [7, 11) is 0. The second-order valence-corrected chi connectivity index (χ2v) is 9.10. The zero-order valence-electron chi connectivity index (χ0n) is 20.5. The number of rotatable bonds is 3. The van der Waals surface area contributed by atoms with Crippen molar-refractivity contribution in [3.63, 3.8) is 0 Å². The monoisotopic (exact) mass is 485 g/mol. The van der Waals surface area contributed by atoms with Crippen molar-refractivity contribution in [1.29, 1.82) is 15.8 Å². The normalized spacial score (nSPS) is 10.7. The SMILES string of the molecule is Cc1cc(C#N)c(-c2ccncc2)cc1-n1c2ccccc2c2ccc(-c3ccc(C#N)cc3C#N)cc21. The van der Waals surface area contributed by atoms with Crippen LogP contribution in [0, 0.1) is 40.9 Å². The molecule has 176 valence electrons. The number of pyridine rings is 1. The largest absolute Gasteiger partial charge is 0.309 e. The molecule has 5 heteroatoms. The fourth-order valence-electron chi connectivity index (χ4n) is 5.16. The van der Waals surface area contributed by atoms with Gasteiger partial charge in [0, 0.05) is 34.4 Å². The lowest BCUT2D eigenvalue weighted by Crippen LogP contribution is -2.00. The lowest BCUT2D eigenvalue weighted by Gasteiger charge is -2.15. The molecule has 0 aliphatic rings. The molecule has 6 aromatic rings. The molecule has 0 fully saturated rings. The van der Waals surface area contributed by atoms with Gasteiger partial charge in [-0.3, -0.25) is 4.98 Å². The number of nitrogens with zero attached hydrogens (tertiary/aromatic N) is 5. The first-order valence-corrected chi connectivity index (χ1v) is 12.1. The third kappa shape index (κ3) is 3.58. The topological polar surface area (TPSA) is 89.2 Å². The van der Waals surface area contributed by atoms with Gasteiger partial charge in [0.15, 0.2) is 0 Å². The molecule has 0 unspecified atom stereocenters. The fraction of sp³-hybridized carbons (Fsp3) is 0.0303. The Morgan fingerprint density at radius 3 is 2.13 bits per heavy atom. The van der Waals surface area contributed by atoms with E-state index < -0.39 is 0 Å². The van der Waals surface area contributed by atoms with Crippen molar-refractivity contribution in [3.05, 3.63) is 120 Å². The summed E-state index contributed by atoms with van der Waals surface area (Å²) in [6.45, 7) is 2.02. The summed E-state index contributed by atoms with van der Waals surface area (Å²) in [5.41, 5.74) is 8.95. The summed E-state index contributed by atoms with van der Waals surface area (Å²) in [4.78, 5) is 4.13. The highest BCUT2D eigenvalue weighted by Crippen LogP contribution is 2.38. The van der Waals surface area contributed by atoms with Crippen LogP contribution in [-0.4, -0.2) is 9.55 Å². The first-order chi connectivity index (χ1) is 18.6. The predicted octanol–water partition coefficient (Wildman–Crippen LogP) is 7.44. The predicted molar refractivity (Wildman–Crippen MR) is 148 cm³/mol. The smallest absolute Gasteiger partial charge is 0.0998 e. The summed E-state index contributed by atoms with van der Waals surface area (Å²) in [6.07, 6.45) is 3.46. The quantitative estimate of drug-likeness (QED) is 0.261. The highest BCUT2D eigenvalue weighted by atomic mass is 15.0. The van der Waals surface area contributed by atoms with Crippen molar-refractivity contribution in [2.24, 2.45) is 0 Å². The number of benzene rings is 4. The molecule has 4 aromatic carbocycles. The summed E-state index contributed by atoms with van der Waals surface area (Å²) in [6, 6.07) is 34.2. The molecule has 0 saturated heterocycles. The lowest BCUT2D eigenvalue weighted by molar-refractivity contribution is 1.15. The zero-order chi connectivity index (χ0) is 26.2. The second kappa shape index (κ2) is 9.07. The molecule has 38 heavy (non-hydrogen) atoms. The van der Waals surface area contributed by atoms with Gasteiger partial charge in [-0.05, 0) is 77.7 Å². The van der Waals surface area contributed by atoms with Gasteiger partial charge in [-0.2, -0.15) is 15.8 Å². The minimum Gasteiger partial charge on any atom is -0.309 e. The maximum absolute atomic E-state index is 9.90. The van der Waals surface area contributed by atoms with E-state index in [9.17, 15) is 15.8 Å². The van der Waals surface area contributed by atoms with E-state index in [2.05, 4.69) is 58.1 Å². The van der Waals surface area contributed by atoms with Gasteiger partial charge in [-0.25, -0.2) is 0 Å². The molecule has 0 atom stereocenters. The van der Waals surface area contributed by atoms with Crippen molar-refractivity contribution < 1.29 is 0 Å². The van der Waals surface area contributed by atoms with Crippen LogP contribution in [0.1, 0.15) is 22.3 Å². The average Bonchev–Trinajstić information content (AvgIpc) is 3.30. The Morgan fingerprint density at radius 1 is 0.632 bits per heavy atom. The number of para-hydroxylation sites is 1. The Kier molecular flexibility index (Phi) is 5.43. The first kappa shape index (κ1) is 22.7. The molecule has 2 aromatic heterocycles. The standard InChI is InChI=1S/C33H19N5/c1-21-14-25(19-35)30(23-10-12-37-13-11-23)17-32(21)38-31-5-3-2-4-28(31)29-9-7-24(16-33(29)38)27-8-6-22(18-34)15-26(27)20-36/h2-17H,1H3. The molecule has 0 radical (unpaired) electrons. The summed E-state index contributed by atoms with van der Waals surface area (Å²) >= 11 is 0. The highest BCUT2D eigenvalue weighted by Gasteiger charge is 2.18. The average molecular weight is 486 g/mol. The van der Waals surface area contributed by atoms with E-state index in [-0.39, 0.29) is 0 Å². The molecule has 0 amide bonds. The van der Waals surface area contributed by atoms with E-state index in [1.165, 1.54) is 0 Å². The van der Waals surface area contributed by atoms with E-state index in [0.29, 0.717) is 16.7 Å². The lowest BCUT2D eigenvalue weighted by atomic mass is 9.97. The van der Waals surface area contributed by atoms with Gasteiger partial charge in [0.25, 0.3) is 0 Å². The van der Waals surface area contributed by atoms with E-state index in [4.69, 9.17) is 0 Å². The maximum Gasteiger partial charge on any atom is 0.0998 e. The molecule has 5 nitrogen and oxygen atoms in total. The Bertz CT molecular complexity index is 2010. The number of hydrogen-bond acceptors (Lipinski definition) is 4. The third-order valence-corrected chi connectivity index (χ3v) is 6.94. The number of hydrogen-bond donors (Lipinski definition) is 0. The second-order valence-electron chi connectivity index (χ2n) is 9.10. The van der Waals surface area contributed by atoms with Crippen LogP contribution in [0.4, 0.5) is 0 Å². The van der Waals surface area contributed by atoms with Crippen molar-refractivity contribution in [3.8, 4) is 46.1 Å². The first-order valence-electron chi connectivity index (χ1n) is 12.1. The van der Waals surface area contributed by atoms with Crippen LogP contribution in [0.25, 0.3) is 49.7 Å². The van der Waals surface area contributed by atoms with Gasteiger partial charge >= 0.3 is 0 Å².